The van der Waals surface area contributed by atoms with Crippen LogP contribution in [0.4, 0.5) is 4.79 Å². The van der Waals surface area contributed by atoms with Crippen LogP contribution in [0.1, 0.15) is 5.56 Å². The van der Waals surface area contributed by atoms with Gasteiger partial charge in [-0.1, -0.05) is 36.4 Å². The summed E-state index contributed by atoms with van der Waals surface area (Å²) < 4.78 is 5.23. The first kappa shape index (κ1) is 13.3. The molecule has 0 saturated carbocycles. The molecule has 100 valence electrons. The van der Waals surface area contributed by atoms with Crippen molar-refractivity contribution in [1.82, 2.24) is 4.90 Å². The maximum atomic E-state index is 11.9. The highest BCUT2D eigenvalue weighted by Crippen LogP contribution is 2.23. The number of likely N-dealkylation sites (tertiary alicyclic amines) is 1. The van der Waals surface area contributed by atoms with E-state index < -0.39 is 0 Å². The first-order valence-electron chi connectivity index (χ1n) is 6.28. The van der Waals surface area contributed by atoms with Crippen molar-refractivity contribution in [3.05, 3.63) is 48.6 Å². The van der Waals surface area contributed by atoms with E-state index in [-0.39, 0.29) is 24.5 Å². The number of nitrogens with zero attached hydrogens (tertiary/aromatic N) is 1. The standard InChI is InChI=1S/C15H17NO3/c1-2-13-8-16(9-14(13)10-17)15(18)19-11-12-6-4-3-5-7-12/h2-7,10,13-14H,1,8-9,11H2/t13-,14+/m1/s1. The largest absolute Gasteiger partial charge is 0.445 e. The SMILES string of the molecule is C=C[C@@H]1CN(C(=O)OCc2ccccc2)C[C@H]1C=O. The molecule has 4 nitrogen and oxygen atoms in total. The Labute approximate surface area is 112 Å². The van der Waals surface area contributed by atoms with Gasteiger partial charge in [-0.2, -0.15) is 0 Å². The number of aldehydes is 1. The van der Waals surface area contributed by atoms with Crippen LogP contribution in [0, 0.1) is 11.8 Å². The molecule has 2 rings (SSSR count). The topological polar surface area (TPSA) is 46.6 Å². The number of carbonyl (C=O) groups excluding carboxylic acids is 2. The van der Waals surface area contributed by atoms with Crippen LogP contribution in [0.25, 0.3) is 0 Å². The lowest BCUT2D eigenvalue weighted by Crippen LogP contribution is -2.29. The number of benzene rings is 1. The lowest BCUT2D eigenvalue weighted by atomic mass is 9.98. The molecule has 1 aliphatic heterocycles. The molecule has 0 spiro atoms. The van der Waals surface area contributed by atoms with Gasteiger partial charge in [0.2, 0.25) is 0 Å². The Kier molecular flexibility index (Phi) is 4.34. The zero-order valence-electron chi connectivity index (χ0n) is 10.7. The lowest BCUT2D eigenvalue weighted by Gasteiger charge is -2.15. The first-order chi connectivity index (χ1) is 9.24. The number of amides is 1. The van der Waals surface area contributed by atoms with Crippen molar-refractivity contribution in [2.45, 2.75) is 6.61 Å². The zero-order chi connectivity index (χ0) is 13.7. The van der Waals surface area contributed by atoms with Gasteiger partial charge in [0.1, 0.15) is 12.9 Å². The fourth-order valence-electron chi connectivity index (χ4n) is 2.21. The fraction of sp³-hybridized carbons (Fsp3) is 0.333. The second-order valence-corrected chi connectivity index (χ2v) is 4.64. The van der Waals surface area contributed by atoms with Crippen LogP contribution in [-0.2, 0) is 16.1 Å². The molecule has 0 N–H and O–H groups in total. The van der Waals surface area contributed by atoms with Crippen LogP contribution in [0.3, 0.4) is 0 Å². The molecule has 4 heteroatoms. The Morgan fingerprint density at radius 3 is 2.58 bits per heavy atom. The minimum atomic E-state index is -0.375. The fourth-order valence-corrected chi connectivity index (χ4v) is 2.21. The third kappa shape index (κ3) is 3.22. The Morgan fingerprint density at radius 2 is 2.00 bits per heavy atom. The minimum absolute atomic E-state index is 0.0294. The molecular formula is C15H17NO3. The van der Waals surface area contributed by atoms with Crippen molar-refractivity contribution < 1.29 is 14.3 Å². The Hall–Kier alpha value is -2.10. The first-order valence-corrected chi connectivity index (χ1v) is 6.28. The highest BCUT2D eigenvalue weighted by atomic mass is 16.6. The lowest BCUT2D eigenvalue weighted by molar-refractivity contribution is -0.111. The van der Waals surface area contributed by atoms with Crippen LogP contribution in [0.15, 0.2) is 43.0 Å². The second-order valence-electron chi connectivity index (χ2n) is 4.64. The molecule has 2 atom stereocenters. The molecule has 0 bridgehead atoms. The Morgan fingerprint density at radius 1 is 1.32 bits per heavy atom. The molecule has 1 saturated heterocycles. The predicted molar refractivity (Wildman–Crippen MR) is 71.4 cm³/mol. The molecule has 1 aliphatic rings. The normalized spacial score (nSPS) is 22.0. The highest BCUT2D eigenvalue weighted by Gasteiger charge is 2.33. The van der Waals surface area contributed by atoms with Crippen molar-refractivity contribution in [3.8, 4) is 0 Å². The molecule has 0 aromatic heterocycles. The average molecular weight is 259 g/mol. The van der Waals surface area contributed by atoms with Crippen molar-refractivity contribution in [1.29, 1.82) is 0 Å². The molecule has 1 aromatic carbocycles. The van der Waals surface area contributed by atoms with E-state index in [1.54, 1.807) is 11.0 Å². The van der Waals surface area contributed by atoms with Gasteiger partial charge in [0, 0.05) is 24.9 Å². The van der Waals surface area contributed by atoms with Gasteiger partial charge >= 0.3 is 6.09 Å². The molecule has 1 fully saturated rings. The van der Waals surface area contributed by atoms with Crippen LogP contribution < -0.4 is 0 Å². The van der Waals surface area contributed by atoms with E-state index in [1.807, 2.05) is 30.3 Å². The summed E-state index contributed by atoms with van der Waals surface area (Å²) >= 11 is 0. The van der Waals surface area contributed by atoms with Crippen molar-refractivity contribution in [3.63, 3.8) is 0 Å². The highest BCUT2D eigenvalue weighted by molar-refractivity contribution is 5.70. The van der Waals surface area contributed by atoms with Crippen LogP contribution in [-0.4, -0.2) is 30.4 Å². The molecular weight excluding hydrogens is 242 g/mol. The molecule has 0 radical (unpaired) electrons. The summed E-state index contributed by atoms with van der Waals surface area (Å²) in [5.41, 5.74) is 0.947. The van der Waals surface area contributed by atoms with Crippen molar-refractivity contribution >= 4 is 12.4 Å². The number of hydrogen-bond acceptors (Lipinski definition) is 3. The van der Waals surface area contributed by atoms with Gasteiger partial charge < -0.3 is 14.4 Å². The summed E-state index contributed by atoms with van der Waals surface area (Å²) in [6.07, 6.45) is 2.24. The maximum Gasteiger partial charge on any atom is 0.410 e. The zero-order valence-corrected chi connectivity index (χ0v) is 10.7. The molecule has 0 unspecified atom stereocenters. The van der Waals surface area contributed by atoms with E-state index in [0.717, 1.165) is 11.8 Å². The van der Waals surface area contributed by atoms with Gasteiger partial charge in [0.25, 0.3) is 0 Å². The summed E-state index contributed by atoms with van der Waals surface area (Å²) in [5.74, 6) is -0.136. The molecule has 1 heterocycles. The number of carbonyl (C=O) groups is 2. The maximum absolute atomic E-state index is 11.9. The monoisotopic (exact) mass is 259 g/mol. The summed E-state index contributed by atoms with van der Waals surface area (Å²) in [6, 6.07) is 9.51. The van der Waals surface area contributed by atoms with Gasteiger partial charge in [-0.25, -0.2) is 4.79 Å². The van der Waals surface area contributed by atoms with E-state index in [2.05, 4.69) is 6.58 Å². The van der Waals surface area contributed by atoms with Crippen LogP contribution in [0.2, 0.25) is 0 Å². The van der Waals surface area contributed by atoms with Gasteiger partial charge in [0.15, 0.2) is 0 Å². The van der Waals surface area contributed by atoms with Crippen LogP contribution >= 0.6 is 0 Å². The van der Waals surface area contributed by atoms with Crippen molar-refractivity contribution in [2.75, 3.05) is 13.1 Å². The smallest absolute Gasteiger partial charge is 0.410 e. The van der Waals surface area contributed by atoms with E-state index in [0.29, 0.717) is 13.1 Å². The van der Waals surface area contributed by atoms with Gasteiger partial charge in [-0.05, 0) is 5.56 Å². The molecule has 19 heavy (non-hydrogen) atoms. The summed E-state index contributed by atoms with van der Waals surface area (Å²) in [5, 5.41) is 0. The quantitative estimate of drug-likeness (QED) is 0.615. The average Bonchev–Trinajstić information content (AvgIpc) is 2.89. The van der Waals surface area contributed by atoms with E-state index in [4.69, 9.17) is 4.74 Å². The number of rotatable bonds is 4. The van der Waals surface area contributed by atoms with E-state index >= 15 is 0 Å². The summed E-state index contributed by atoms with van der Waals surface area (Å²) in [6.45, 7) is 4.85. The van der Waals surface area contributed by atoms with Gasteiger partial charge in [0.05, 0.1) is 0 Å². The predicted octanol–water partition coefficient (Wildman–Crippen LogP) is 2.26. The summed E-state index contributed by atoms with van der Waals surface area (Å²) in [7, 11) is 0. The third-order valence-electron chi connectivity index (χ3n) is 3.35. The Bertz CT molecular complexity index is 442. The van der Waals surface area contributed by atoms with Gasteiger partial charge in [-0.3, -0.25) is 0 Å². The van der Waals surface area contributed by atoms with Gasteiger partial charge in [-0.15, -0.1) is 6.58 Å². The minimum Gasteiger partial charge on any atom is -0.445 e. The van der Waals surface area contributed by atoms with Crippen LogP contribution in [0.5, 0.6) is 0 Å². The molecule has 0 aliphatic carbocycles. The second kappa shape index (κ2) is 6.18. The number of hydrogen-bond donors (Lipinski definition) is 0. The third-order valence-corrected chi connectivity index (χ3v) is 3.35. The summed E-state index contributed by atoms with van der Waals surface area (Å²) in [4.78, 5) is 24.4. The van der Waals surface area contributed by atoms with E-state index in [9.17, 15) is 9.59 Å². The Balaban J connectivity index is 1.87. The molecule has 1 aromatic rings. The number of ether oxygens (including phenoxy) is 1. The van der Waals surface area contributed by atoms with E-state index in [1.165, 1.54) is 0 Å². The van der Waals surface area contributed by atoms with Crippen molar-refractivity contribution in [2.24, 2.45) is 11.8 Å². The molecule has 1 amide bonds.